The molecular formula is C19H19FKN3O5. The van der Waals surface area contributed by atoms with Crippen molar-refractivity contribution in [2.75, 3.05) is 5.32 Å². The molecule has 8 nitrogen and oxygen atoms in total. The summed E-state index contributed by atoms with van der Waals surface area (Å²) >= 11 is 0. The molecule has 3 rings (SSSR count). The van der Waals surface area contributed by atoms with Crippen LogP contribution in [-0.4, -0.2) is 89.4 Å². The average molecular weight is 427 g/mol. The Morgan fingerprint density at radius 1 is 1.28 bits per heavy atom. The van der Waals surface area contributed by atoms with Crippen molar-refractivity contribution in [3.63, 3.8) is 0 Å². The normalized spacial score (nSPS) is 11.5. The third kappa shape index (κ3) is 5.77. The number of nitrogens with one attached hydrogen (secondary N) is 1. The zero-order valence-electron chi connectivity index (χ0n) is 14.9. The molecule has 0 aliphatic carbocycles. The average Bonchev–Trinajstić information content (AvgIpc) is 3.29. The number of alkyl halides is 1. The van der Waals surface area contributed by atoms with Gasteiger partial charge in [-0.15, -0.1) is 0 Å². The van der Waals surface area contributed by atoms with Gasteiger partial charge in [0.15, 0.2) is 6.17 Å². The minimum absolute atomic E-state index is 0. The number of carboxylic acids is 1. The number of nitrogens with zero attached hydrogens (tertiary/aromatic N) is 2. The number of phenols is 1. The van der Waals surface area contributed by atoms with Crippen molar-refractivity contribution >= 4 is 68.9 Å². The monoisotopic (exact) mass is 427 g/mol. The second kappa shape index (κ2) is 10.2. The first-order valence-electron chi connectivity index (χ1n) is 8.50. The van der Waals surface area contributed by atoms with E-state index in [1.807, 2.05) is 6.92 Å². The van der Waals surface area contributed by atoms with Gasteiger partial charge in [0.2, 0.25) is 0 Å². The number of aromatic hydroxyl groups is 1. The van der Waals surface area contributed by atoms with Crippen LogP contribution >= 0.6 is 0 Å². The van der Waals surface area contributed by atoms with Crippen LogP contribution in [0.2, 0.25) is 0 Å². The minimum atomic E-state index is -1.95. The molecule has 2 heterocycles. The van der Waals surface area contributed by atoms with Gasteiger partial charge in [-0.25, -0.2) is 9.18 Å². The van der Waals surface area contributed by atoms with E-state index in [1.165, 1.54) is 30.6 Å². The first-order chi connectivity index (χ1) is 13.4. The summed E-state index contributed by atoms with van der Waals surface area (Å²) in [5, 5.41) is 24.6. The van der Waals surface area contributed by atoms with Crippen LogP contribution in [0, 0.1) is 0 Å². The standard InChI is InChI=1S/C19H18FN3O5.K.H/c1-2-23-9-14(19(26)27)17(10-23)21-18(25)15(20)7-13-8-16(22-28-13)11-3-5-12(24)6-4-11;;/h3-6,8-10,15,24H,2,7H2,1H3,(H,21,25)(H,26,27);;. The number of amides is 1. The fraction of sp³-hybridized carbons (Fsp3) is 0.211. The number of aryl methyl sites for hydroxylation is 1. The first-order valence-corrected chi connectivity index (χ1v) is 8.50. The molecule has 2 aromatic heterocycles. The number of hydrogen-bond acceptors (Lipinski definition) is 5. The van der Waals surface area contributed by atoms with Crippen LogP contribution in [-0.2, 0) is 17.8 Å². The second-order valence-corrected chi connectivity index (χ2v) is 6.11. The van der Waals surface area contributed by atoms with Crippen LogP contribution in [0.15, 0.2) is 47.2 Å². The quantitative estimate of drug-likeness (QED) is 0.499. The van der Waals surface area contributed by atoms with Crippen LogP contribution in [0.4, 0.5) is 10.1 Å². The van der Waals surface area contributed by atoms with Gasteiger partial charge in [-0.05, 0) is 31.2 Å². The van der Waals surface area contributed by atoms with Gasteiger partial charge in [-0.1, -0.05) is 5.16 Å². The van der Waals surface area contributed by atoms with E-state index in [1.54, 1.807) is 16.7 Å². The molecule has 0 aliphatic rings. The molecule has 1 aromatic carbocycles. The van der Waals surface area contributed by atoms with Crippen molar-refractivity contribution < 1.29 is 28.7 Å². The van der Waals surface area contributed by atoms with Crippen LogP contribution in [0.3, 0.4) is 0 Å². The Hall–Kier alpha value is -1.98. The number of halogens is 1. The molecule has 148 valence electrons. The van der Waals surface area contributed by atoms with Gasteiger partial charge in [-0.3, -0.25) is 4.79 Å². The predicted octanol–water partition coefficient (Wildman–Crippen LogP) is 2.44. The molecule has 1 amide bonds. The second-order valence-electron chi connectivity index (χ2n) is 6.11. The summed E-state index contributed by atoms with van der Waals surface area (Å²) in [6.45, 7) is 2.32. The Morgan fingerprint density at radius 2 is 1.97 bits per heavy atom. The number of carboxylic acid groups (broad SMARTS) is 1. The van der Waals surface area contributed by atoms with E-state index in [4.69, 9.17) is 4.52 Å². The van der Waals surface area contributed by atoms with Gasteiger partial charge in [0, 0.05) is 37.0 Å². The first kappa shape index (κ1) is 23.3. The van der Waals surface area contributed by atoms with Gasteiger partial charge < -0.3 is 24.6 Å². The molecule has 0 radical (unpaired) electrons. The Kier molecular flexibility index (Phi) is 8.17. The third-order valence-electron chi connectivity index (χ3n) is 4.12. The molecule has 3 aromatic rings. The Bertz CT molecular complexity index is 1000. The summed E-state index contributed by atoms with van der Waals surface area (Å²) in [5.41, 5.74) is 1.02. The van der Waals surface area contributed by atoms with Crippen molar-refractivity contribution in [2.24, 2.45) is 0 Å². The fourth-order valence-electron chi connectivity index (χ4n) is 2.62. The van der Waals surface area contributed by atoms with E-state index < -0.39 is 18.0 Å². The zero-order valence-corrected chi connectivity index (χ0v) is 14.9. The molecule has 0 aliphatic heterocycles. The number of carbonyl (C=O) groups is 2. The third-order valence-corrected chi connectivity index (χ3v) is 4.12. The zero-order chi connectivity index (χ0) is 20.3. The number of rotatable bonds is 7. The van der Waals surface area contributed by atoms with E-state index in [9.17, 15) is 24.2 Å². The number of hydrogen-bond donors (Lipinski definition) is 3. The summed E-state index contributed by atoms with van der Waals surface area (Å²) in [4.78, 5) is 23.4. The van der Waals surface area contributed by atoms with Gasteiger partial charge in [0.05, 0.1) is 5.69 Å². The van der Waals surface area contributed by atoms with Crippen LogP contribution in [0.1, 0.15) is 23.0 Å². The van der Waals surface area contributed by atoms with Crippen molar-refractivity contribution in [2.45, 2.75) is 26.1 Å². The van der Waals surface area contributed by atoms with E-state index in [0.717, 1.165) is 0 Å². The Labute approximate surface area is 208 Å². The van der Waals surface area contributed by atoms with Gasteiger partial charge in [-0.2, -0.15) is 0 Å². The molecule has 0 spiro atoms. The molecular weight excluding hydrogens is 408 g/mol. The van der Waals surface area contributed by atoms with E-state index >= 15 is 0 Å². The molecule has 0 bridgehead atoms. The van der Waals surface area contributed by atoms with Gasteiger partial charge in [0.25, 0.3) is 5.91 Å². The number of carbonyl (C=O) groups excluding carboxylic acids is 1. The van der Waals surface area contributed by atoms with Crippen molar-refractivity contribution in [1.82, 2.24) is 9.72 Å². The topological polar surface area (TPSA) is 118 Å². The fourth-order valence-corrected chi connectivity index (χ4v) is 2.62. The molecule has 29 heavy (non-hydrogen) atoms. The molecule has 10 heteroatoms. The molecule has 1 atom stereocenters. The van der Waals surface area contributed by atoms with Crippen LogP contribution in [0.5, 0.6) is 5.75 Å². The van der Waals surface area contributed by atoms with Gasteiger partial charge in [0.1, 0.15) is 22.8 Å². The summed E-state index contributed by atoms with van der Waals surface area (Å²) < 4.78 is 21.0. The summed E-state index contributed by atoms with van der Waals surface area (Å²) in [5.74, 6) is -1.92. The van der Waals surface area contributed by atoms with E-state index in [2.05, 4.69) is 10.5 Å². The Balaban J connectivity index is 0.00000300. The summed E-state index contributed by atoms with van der Waals surface area (Å²) in [7, 11) is 0. The van der Waals surface area contributed by atoms with Crippen LogP contribution < -0.4 is 5.32 Å². The molecule has 0 saturated heterocycles. The van der Waals surface area contributed by atoms with Crippen molar-refractivity contribution in [3.05, 3.63) is 54.0 Å². The van der Waals surface area contributed by atoms with Crippen LogP contribution in [0.25, 0.3) is 11.3 Å². The number of phenolic OH excluding ortho intramolecular Hbond substituents is 1. The maximum absolute atomic E-state index is 14.4. The summed E-state index contributed by atoms with van der Waals surface area (Å²) in [6.07, 6.45) is 0.498. The molecule has 0 fully saturated rings. The van der Waals surface area contributed by atoms with E-state index in [0.29, 0.717) is 17.8 Å². The van der Waals surface area contributed by atoms with Crippen molar-refractivity contribution in [3.8, 4) is 17.0 Å². The van der Waals surface area contributed by atoms with E-state index in [-0.39, 0.29) is 80.6 Å². The molecule has 0 saturated carbocycles. The summed E-state index contributed by atoms with van der Waals surface area (Å²) in [6, 6.07) is 7.72. The number of aromatic nitrogens is 2. The maximum atomic E-state index is 14.4. The molecule has 3 N–H and O–H groups in total. The van der Waals surface area contributed by atoms with Gasteiger partial charge >= 0.3 is 57.4 Å². The number of anilines is 1. The number of benzene rings is 1. The SMILES string of the molecule is CCn1cc(NC(=O)C(F)Cc2cc(-c3ccc(O)cc3)no2)c(C(=O)O)c1.[KH]. The van der Waals surface area contributed by atoms with Crippen molar-refractivity contribution in [1.29, 1.82) is 0 Å². The number of aromatic carboxylic acids is 1. The predicted molar refractivity (Wildman–Crippen MR) is 105 cm³/mol. The Morgan fingerprint density at radius 3 is 2.59 bits per heavy atom. The molecule has 1 unspecified atom stereocenters.